The van der Waals surface area contributed by atoms with E-state index < -0.39 is 5.25 Å². The summed E-state index contributed by atoms with van der Waals surface area (Å²) in [6.07, 6.45) is 0.0135. The molecule has 5 nitrogen and oxygen atoms in total. The fraction of sp³-hybridized carbons (Fsp3) is 0.211. The van der Waals surface area contributed by atoms with E-state index in [1.807, 2.05) is 32.0 Å². The summed E-state index contributed by atoms with van der Waals surface area (Å²) in [5.41, 5.74) is 3.35. The number of thioether (sulfide) groups is 1. The Balaban J connectivity index is 1.65. The minimum atomic E-state index is -0.543. The predicted molar refractivity (Wildman–Crippen MR) is 102 cm³/mol. The van der Waals surface area contributed by atoms with Crippen LogP contribution in [0.3, 0.4) is 0 Å². The average molecular weight is 371 g/mol. The van der Waals surface area contributed by atoms with Crippen LogP contribution in [0.4, 0.5) is 15.8 Å². The Kier molecular flexibility index (Phi) is 5.37. The first-order valence-electron chi connectivity index (χ1n) is 8.10. The Morgan fingerprint density at radius 2 is 1.85 bits per heavy atom. The van der Waals surface area contributed by atoms with Gasteiger partial charge >= 0.3 is 0 Å². The van der Waals surface area contributed by atoms with Crippen LogP contribution in [0.25, 0.3) is 0 Å². The maximum absolute atomic E-state index is 12.9. The van der Waals surface area contributed by atoms with Gasteiger partial charge in [-0.2, -0.15) is 0 Å². The van der Waals surface area contributed by atoms with Crippen molar-refractivity contribution in [3.8, 4) is 0 Å². The lowest BCUT2D eigenvalue weighted by Gasteiger charge is -2.07. The summed E-state index contributed by atoms with van der Waals surface area (Å²) in [6.45, 7) is 3.92. The zero-order chi connectivity index (χ0) is 18.7. The van der Waals surface area contributed by atoms with E-state index in [0.717, 1.165) is 16.8 Å². The molecule has 3 rings (SSSR count). The smallest absolute Gasteiger partial charge is 0.240 e. The van der Waals surface area contributed by atoms with Gasteiger partial charge in [0.05, 0.1) is 5.69 Å². The van der Waals surface area contributed by atoms with Gasteiger partial charge in [0.2, 0.25) is 11.8 Å². The monoisotopic (exact) mass is 371 g/mol. The minimum Gasteiger partial charge on any atom is -0.326 e. The lowest BCUT2D eigenvalue weighted by molar-refractivity contribution is -0.122. The summed E-state index contributed by atoms with van der Waals surface area (Å²) >= 11 is 1.24. The highest BCUT2D eigenvalue weighted by molar-refractivity contribution is 8.15. The van der Waals surface area contributed by atoms with Crippen LogP contribution >= 0.6 is 11.8 Å². The van der Waals surface area contributed by atoms with Crippen LogP contribution in [0, 0.1) is 19.7 Å². The van der Waals surface area contributed by atoms with E-state index in [9.17, 15) is 14.0 Å². The van der Waals surface area contributed by atoms with Gasteiger partial charge < -0.3 is 10.6 Å². The van der Waals surface area contributed by atoms with Gasteiger partial charge in [0.1, 0.15) is 11.1 Å². The molecule has 0 bridgehead atoms. The van der Waals surface area contributed by atoms with E-state index in [-0.39, 0.29) is 24.1 Å². The van der Waals surface area contributed by atoms with Gasteiger partial charge in [0, 0.05) is 12.1 Å². The predicted octanol–water partition coefficient (Wildman–Crippen LogP) is 3.69. The van der Waals surface area contributed by atoms with E-state index >= 15 is 0 Å². The fourth-order valence-electron chi connectivity index (χ4n) is 2.59. The van der Waals surface area contributed by atoms with Crippen molar-refractivity contribution in [1.29, 1.82) is 0 Å². The van der Waals surface area contributed by atoms with Crippen molar-refractivity contribution in [2.24, 2.45) is 4.99 Å². The molecule has 1 aliphatic heterocycles. The lowest BCUT2D eigenvalue weighted by Crippen LogP contribution is -2.28. The minimum absolute atomic E-state index is 0.0135. The lowest BCUT2D eigenvalue weighted by atomic mass is 10.1. The number of benzene rings is 2. The number of carbonyl (C=O) groups excluding carboxylic acids is 2. The number of hydrogen-bond acceptors (Lipinski definition) is 4. The molecule has 1 atom stereocenters. The summed E-state index contributed by atoms with van der Waals surface area (Å²) in [6, 6.07) is 11.4. The van der Waals surface area contributed by atoms with Gasteiger partial charge in [0.15, 0.2) is 5.17 Å². The van der Waals surface area contributed by atoms with Gasteiger partial charge in [0.25, 0.3) is 0 Å². The molecule has 0 unspecified atom stereocenters. The molecular formula is C19H18FN3O2S. The van der Waals surface area contributed by atoms with E-state index in [2.05, 4.69) is 15.6 Å². The Morgan fingerprint density at radius 1 is 1.19 bits per heavy atom. The zero-order valence-electron chi connectivity index (χ0n) is 14.4. The molecule has 1 saturated heterocycles. The summed E-state index contributed by atoms with van der Waals surface area (Å²) in [5.74, 6) is -0.923. The van der Waals surface area contributed by atoms with Crippen molar-refractivity contribution in [2.75, 3.05) is 5.32 Å². The molecule has 2 amide bonds. The largest absolute Gasteiger partial charge is 0.326 e. The van der Waals surface area contributed by atoms with E-state index in [1.165, 1.54) is 36.0 Å². The molecule has 2 N–H and O–H groups in total. The maximum Gasteiger partial charge on any atom is 0.240 e. The van der Waals surface area contributed by atoms with Crippen LogP contribution in [0.1, 0.15) is 17.5 Å². The third-order valence-electron chi connectivity index (χ3n) is 3.93. The highest BCUT2D eigenvalue weighted by Gasteiger charge is 2.32. The number of hydrogen-bond donors (Lipinski definition) is 2. The number of anilines is 1. The number of carbonyl (C=O) groups is 2. The summed E-state index contributed by atoms with van der Waals surface area (Å²) < 4.78 is 12.9. The van der Waals surface area contributed by atoms with Crippen molar-refractivity contribution in [3.05, 3.63) is 59.4 Å². The molecule has 0 radical (unpaired) electrons. The van der Waals surface area contributed by atoms with Crippen molar-refractivity contribution < 1.29 is 14.0 Å². The van der Waals surface area contributed by atoms with Crippen molar-refractivity contribution in [3.63, 3.8) is 0 Å². The number of nitrogens with zero attached hydrogens (tertiary/aromatic N) is 1. The summed E-state index contributed by atoms with van der Waals surface area (Å²) in [4.78, 5) is 28.8. The number of aryl methyl sites for hydroxylation is 2. The molecule has 1 fully saturated rings. The number of amides is 2. The van der Waals surface area contributed by atoms with Gasteiger partial charge in [-0.1, -0.05) is 30.0 Å². The molecule has 1 aliphatic rings. The third-order valence-corrected chi connectivity index (χ3v) is 5.01. The van der Waals surface area contributed by atoms with Crippen LogP contribution in [-0.2, 0) is 9.59 Å². The molecule has 26 heavy (non-hydrogen) atoms. The van der Waals surface area contributed by atoms with Crippen LogP contribution < -0.4 is 10.6 Å². The van der Waals surface area contributed by atoms with Gasteiger partial charge in [-0.05, 0) is 49.2 Å². The summed E-state index contributed by atoms with van der Waals surface area (Å²) in [5, 5.41) is 5.34. The van der Waals surface area contributed by atoms with E-state index in [1.54, 1.807) is 0 Å². The Bertz CT molecular complexity index is 861. The normalized spacial score (nSPS) is 18.0. The molecule has 0 aromatic heterocycles. The zero-order valence-corrected chi connectivity index (χ0v) is 15.2. The van der Waals surface area contributed by atoms with Crippen LogP contribution in [0.2, 0.25) is 0 Å². The maximum atomic E-state index is 12.9. The van der Waals surface area contributed by atoms with Gasteiger partial charge in [-0.3, -0.25) is 9.59 Å². The molecule has 2 aromatic rings. The molecule has 0 spiro atoms. The number of para-hydroxylation sites is 1. The number of amidine groups is 1. The van der Waals surface area contributed by atoms with Crippen molar-refractivity contribution >= 4 is 40.1 Å². The highest BCUT2D eigenvalue weighted by atomic mass is 32.2. The Hall–Kier alpha value is -2.67. The third kappa shape index (κ3) is 4.29. The number of rotatable bonds is 4. The number of halogens is 1. The molecular weight excluding hydrogens is 353 g/mol. The molecule has 2 aromatic carbocycles. The average Bonchev–Trinajstić information content (AvgIpc) is 2.93. The number of aliphatic imine (C=N–C) groups is 1. The van der Waals surface area contributed by atoms with E-state index in [4.69, 9.17) is 0 Å². The SMILES string of the molecule is Cc1cccc(C)c1N=C1NC(=O)[C@@H](CC(=O)Nc2ccc(F)cc2)S1. The fourth-order valence-corrected chi connectivity index (χ4v) is 3.56. The first kappa shape index (κ1) is 18.1. The van der Waals surface area contributed by atoms with Crippen molar-refractivity contribution in [2.45, 2.75) is 25.5 Å². The van der Waals surface area contributed by atoms with E-state index in [0.29, 0.717) is 10.9 Å². The highest BCUT2D eigenvalue weighted by Crippen LogP contribution is 2.29. The van der Waals surface area contributed by atoms with Crippen molar-refractivity contribution in [1.82, 2.24) is 5.32 Å². The standard InChI is InChI=1S/C19H18FN3O2S/c1-11-4-3-5-12(2)17(11)22-19-23-18(25)15(26-19)10-16(24)21-14-8-6-13(20)7-9-14/h3-9,15H,10H2,1-2H3,(H,21,24)(H,22,23,25)/t15-/m1/s1. The molecule has 134 valence electrons. The van der Waals surface area contributed by atoms with Crippen LogP contribution in [0.5, 0.6) is 0 Å². The number of nitrogens with one attached hydrogen (secondary N) is 2. The van der Waals surface area contributed by atoms with Crippen LogP contribution in [0.15, 0.2) is 47.5 Å². The molecule has 7 heteroatoms. The Labute approximate surface area is 155 Å². The van der Waals surface area contributed by atoms with Gasteiger partial charge in [-0.15, -0.1) is 0 Å². The molecule has 0 saturated carbocycles. The second-order valence-corrected chi connectivity index (χ2v) is 7.20. The topological polar surface area (TPSA) is 70.6 Å². The molecule has 0 aliphatic carbocycles. The molecule has 1 heterocycles. The van der Waals surface area contributed by atoms with Crippen LogP contribution in [-0.4, -0.2) is 22.2 Å². The second-order valence-electron chi connectivity index (χ2n) is 6.01. The summed E-state index contributed by atoms with van der Waals surface area (Å²) in [7, 11) is 0. The first-order valence-corrected chi connectivity index (χ1v) is 8.98. The van der Waals surface area contributed by atoms with Gasteiger partial charge in [-0.25, -0.2) is 9.38 Å². The second kappa shape index (κ2) is 7.70. The quantitative estimate of drug-likeness (QED) is 0.861. The Morgan fingerprint density at radius 3 is 2.50 bits per heavy atom. The first-order chi connectivity index (χ1) is 12.4.